The molecule has 4 aromatic carbocycles. The number of rotatable bonds is 10. The molecule has 294 valence electrons. The van der Waals surface area contributed by atoms with Crippen molar-refractivity contribution in [1.29, 1.82) is 0 Å². The van der Waals surface area contributed by atoms with Crippen molar-refractivity contribution in [3.05, 3.63) is 147 Å². The molecule has 1 aliphatic rings. The summed E-state index contributed by atoms with van der Waals surface area (Å²) in [4.78, 5) is 35.3. The Kier molecular flexibility index (Phi) is 10.1. The highest BCUT2D eigenvalue weighted by molar-refractivity contribution is 7.92. The molecule has 1 atom stereocenters. The second kappa shape index (κ2) is 15.2. The van der Waals surface area contributed by atoms with E-state index in [2.05, 4.69) is 39.1 Å². The lowest BCUT2D eigenvalue weighted by Crippen LogP contribution is -2.22. The number of esters is 1. The van der Waals surface area contributed by atoms with E-state index in [0.717, 1.165) is 77.0 Å². The summed E-state index contributed by atoms with van der Waals surface area (Å²) in [6, 6.07) is 26.9. The summed E-state index contributed by atoms with van der Waals surface area (Å²) in [5.74, 6) is 0.693. The fraction of sp³-hybridized carbons (Fsp3) is 0.205. The van der Waals surface area contributed by atoms with E-state index in [1.54, 1.807) is 41.7 Å². The molecule has 0 bridgehead atoms. The summed E-state index contributed by atoms with van der Waals surface area (Å²) in [5.41, 5.74) is 10.2. The van der Waals surface area contributed by atoms with Gasteiger partial charge in [0.15, 0.2) is 5.82 Å². The number of sulfonamides is 1. The Morgan fingerprint density at radius 2 is 1.52 bits per heavy atom. The number of nitrogens with zero attached hydrogens (tertiary/aromatic N) is 4. The minimum absolute atomic E-state index is 0.0318. The fourth-order valence-electron chi connectivity index (χ4n) is 7.24. The SMILES string of the molecule is COC(=O)C[C@@H]1N=C(c2ccc(-c3ccc(C(=O)NCc4ccc(S(=O)(=O)Nc5cccc6c(C)c(C)[nH]c56)cc4)cc3)cc2)c2c(sc(C)c2C)-n2c(C)nnc21. The van der Waals surface area contributed by atoms with Crippen molar-refractivity contribution in [1.82, 2.24) is 25.1 Å². The van der Waals surface area contributed by atoms with Gasteiger partial charge >= 0.3 is 5.97 Å². The van der Waals surface area contributed by atoms with Gasteiger partial charge in [-0.05, 0) is 92.8 Å². The van der Waals surface area contributed by atoms with Gasteiger partial charge in [0.2, 0.25) is 0 Å². The third kappa shape index (κ3) is 7.09. The van der Waals surface area contributed by atoms with Crippen LogP contribution in [0.25, 0.3) is 27.0 Å². The first-order chi connectivity index (χ1) is 27.8. The number of methoxy groups -OCH3 is 1. The molecular weight excluding hydrogens is 771 g/mol. The Hall–Kier alpha value is -6.38. The van der Waals surface area contributed by atoms with Crippen LogP contribution in [0.3, 0.4) is 0 Å². The molecule has 3 N–H and O–H groups in total. The maximum absolute atomic E-state index is 13.3. The number of aryl methyl sites for hydroxylation is 4. The predicted molar refractivity (Wildman–Crippen MR) is 227 cm³/mol. The number of benzene rings is 4. The number of aliphatic imine (C=N–C) groups is 1. The van der Waals surface area contributed by atoms with Gasteiger partial charge < -0.3 is 15.0 Å². The molecule has 0 unspecified atom stereocenters. The number of para-hydroxylation sites is 1. The van der Waals surface area contributed by atoms with Gasteiger partial charge in [-0.25, -0.2) is 8.42 Å². The van der Waals surface area contributed by atoms with Crippen molar-refractivity contribution < 1.29 is 22.7 Å². The summed E-state index contributed by atoms with van der Waals surface area (Å²) in [7, 11) is -2.48. The second-order valence-electron chi connectivity index (χ2n) is 14.4. The number of carbonyl (C=O) groups excluding carboxylic acids is 2. The van der Waals surface area contributed by atoms with Crippen LogP contribution in [0, 0.1) is 34.6 Å². The molecule has 0 fully saturated rings. The maximum Gasteiger partial charge on any atom is 0.308 e. The second-order valence-corrected chi connectivity index (χ2v) is 17.3. The van der Waals surface area contributed by atoms with Crippen molar-refractivity contribution in [2.75, 3.05) is 11.8 Å². The molecule has 0 radical (unpaired) electrons. The van der Waals surface area contributed by atoms with Crippen molar-refractivity contribution in [3.8, 4) is 16.1 Å². The Balaban J connectivity index is 0.947. The smallest absolute Gasteiger partial charge is 0.308 e. The summed E-state index contributed by atoms with van der Waals surface area (Å²) < 4.78 is 36.3. The van der Waals surface area contributed by atoms with Crippen LogP contribution < -0.4 is 10.0 Å². The van der Waals surface area contributed by atoms with Crippen LogP contribution in [-0.4, -0.2) is 52.9 Å². The third-order valence-corrected chi connectivity index (χ3v) is 13.3. The molecular formula is C44H41N7O5S2. The van der Waals surface area contributed by atoms with Gasteiger partial charge in [-0.1, -0.05) is 60.7 Å². The van der Waals surface area contributed by atoms with E-state index in [0.29, 0.717) is 17.1 Å². The van der Waals surface area contributed by atoms with Gasteiger partial charge in [0.05, 0.1) is 35.3 Å². The summed E-state index contributed by atoms with van der Waals surface area (Å²) in [6.07, 6.45) is 0.0318. The summed E-state index contributed by atoms with van der Waals surface area (Å²) >= 11 is 1.65. The normalized spacial score (nSPS) is 13.7. The zero-order chi connectivity index (χ0) is 40.9. The minimum Gasteiger partial charge on any atom is -0.469 e. The van der Waals surface area contributed by atoms with Gasteiger partial charge in [0.1, 0.15) is 16.9 Å². The number of ether oxygens (including phenoxy) is 1. The lowest BCUT2D eigenvalue weighted by molar-refractivity contribution is -0.141. The van der Waals surface area contributed by atoms with E-state index in [9.17, 15) is 18.0 Å². The monoisotopic (exact) mass is 811 g/mol. The van der Waals surface area contributed by atoms with Crippen LogP contribution in [0.2, 0.25) is 0 Å². The molecule has 0 saturated heterocycles. The largest absolute Gasteiger partial charge is 0.469 e. The van der Waals surface area contributed by atoms with E-state index in [1.165, 1.54) is 19.2 Å². The number of nitrogens with one attached hydrogen (secondary N) is 3. The zero-order valence-electron chi connectivity index (χ0n) is 32.8. The first-order valence-electron chi connectivity index (χ1n) is 18.7. The van der Waals surface area contributed by atoms with Gasteiger partial charge in [0, 0.05) is 39.2 Å². The average molecular weight is 812 g/mol. The van der Waals surface area contributed by atoms with Crippen LogP contribution in [-0.2, 0) is 26.1 Å². The standard InChI is InChI=1S/C44H41N7O5S2/c1-24-26(3)46-41-35(24)8-7-9-36(41)50-58(54,55)34-20-10-29(11-21-34)23-45-43(53)33-18-14-31(15-19-33)30-12-16-32(17-13-30)40-39-25(2)27(4)57-44(39)51-28(5)48-49-42(51)37(47-40)22-38(52)56-6/h7-21,37,46,50H,22-23H2,1-6H3,(H,45,53)/t37-/m0/s1. The molecule has 0 aliphatic carbocycles. The quantitative estimate of drug-likeness (QED) is 0.117. The number of H-pyrrole nitrogens is 1. The molecule has 0 spiro atoms. The topological polar surface area (TPSA) is 160 Å². The number of amides is 1. The maximum atomic E-state index is 13.3. The summed E-state index contributed by atoms with van der Waals surface area (Å²) in [5, 5.41) is 13.6. The number of carbonyl (C=O) groups is 2. The molecule has 8 rings (SSSR count). The first-order valence-corrected chi connectivity index (χ1v) is 21.0. The molecule has 4 heterocycles. The highest BCUT2D eigenvalue weighted by Gasteiger charge is 2.32. The molecule has 7 aromatic rings. The number of hydrogen-bond donors (Lipinski definition) is 3. The van der Waals surface area contributed by atoms with Gasteiger partial charge in [0.25, 0.3) is 15.9 Å². The Bertz CT molecular complexity index is 2870. The van der Waals surface area contributed by atoms with Crippen LogP contribution in [0.5, 0.6) is 0 Å². The van der Waals surface area contributed by atoms with E-state index in [-0.39, 0.29) is 29.7 Å². The predicted octanol–water partition coefficient (Wildman–Crippen LogP) is 8.21. The number of aromatic amines is 1. The van der Waals surface area contributed by atoms with E-state index < -0.39 is 16.1 Å². The van der Waals surface area contributed by atoms with Crippen molar-refractivity contribution >= 4 is 55.5 Å². The molecule has 1 aliphatic heterocycles. The molecule has 12 nitrogen and oxygen atoms in total. The van der Waals surface area contributed by atoms with Gasteiger partial charge in [-0.3, -0.25) is 23.9 Å². The Morgan fingerprint density at radius 3 is 2.21 bits per heavy atom. The van der Waals surface area contributed by atoms with Crippen molar-refractivity contribution in [2.24, 2.45) is 4.99 Å². The van der Waals surface area contributed by atoms with Crippen LogP contribution in [0.1, 0.15) is 72.9 Å². The van der Waals surface area contributed by atoms with Gasteiger partial charge in [-0.2, -0.15) is 0 Å². The van der Waals surface area contributed by atoms with Crippen molar-refractivity contribution in [3.63, 3.8) is 0 Å². The van der Waals surface area contributed by atoms with Crippen LogP contribution in [0.4, 0.5) is 5.69 Å². The lowest BCUT2D eigenvalue weighted by atomic mass is 9.96. The van der Waals surface area contributed by atoms with Gasteiger partial charge in [-0.15, -0.1) is 21.5 Å². The molecule has 3 aromatic heterocycles. The molecule has 14 heteroatoms. The van der Waals surface area contributed by atoms with E-state index >= 15 is 0 Å². The highest BCUT2D eigenvalue weighted by Crippen LogP contribution is 2.40. The van der Waals surface area contributed by atoms with Crippen molar-refractivity contribution in [2.45, 2.75) is 58.5 Å². The first kappa shape index (κ1) is 38.5. The number of thiophene rings is 1. The number of aromatic nitrogens is 4. The highest BCUT2D eigenvalue weighted by atomic mass is 32.2. The zero-order valence-corrected chi connectivity index (χ0v) is 34.4. The Morgan fingerprint density at radius 1 is 0.845 bits per heavy atom. The lowest BCUT2D eigenvalue weighted by Gasteiger charge is -2.12. The molecule has 0 saturated carbocycles. The number of hydrogen-bond acceptors (Lipinski definition) is 9. The molecule has 58 heavy (non-hydrogen) atoms. The minimum atomic E-state index is -3.85. The average Bonchev–Trinajstić information content (AvgIpc) is 3.82. The van der Waals surface area contributed by atoms with Crippen LogP contribution in [0.15, 0.2) is 101 Å². The number of fused-ring (bicyclic) bond motifs is 4. The van der Waals surface area contributed by atoms with E-state index in [4.69, 9.17) is 9.73 Å². The van der Waals surface area contributed by atoms with E-state index in [1.807, 2.05) is 73.9 Å². The third-order valence-electron chi connectivity index (χ3n) is 10.7. The number of anilines is 1. The molecule has 1 amide bonds. The summed E-state index contributed by atoms with van der Waals surface area (Å²) in [6.45, 7) is 10.3. The van der Waals surface area contributed by atoms with Crippen LogP contribution >= 0.6 is 11.3 Å². The fourth-order valence-corrected chi connectivity index (χ4v) is 9.53. The Labute approximate surface area is 340 Å².